The van der Waals surface area contributed by atoms with Gasteiger partial charge in [-0.3, -0.25) is 9.36 Å². The number of hydrogen-bond donors (Lipinski definition) is 1. The standard InChI is InChI=1S/C24H21FN4O2S/c1-16-6-5-7-17(14-16)26-22(30)15-32-24-28-27-23(20-8-3-4-9-21(20)25)29(24)18-10-12-19(31-2)13-11-18/h3-14H,15H2,1-2H3,(H,26,30). The van der Waals surface area contributed by atoms with Gasteiger partial charge >= 0.3 is 0 Å². The van der Waals surface area contributed by atoms with E-state index in [1.54, 1.807) is 42.0 Å². The summed E-state index contributed by atoms with van der Waals surface area (Å²) in [5, 5.41) is 11.8. The highest BCUT2D eigenvalue weighted by molar-refractivity contribution is 7.99. The van der Waals surface area contributed by atoms with E-state index in [1.165, 1.54) is 17.8 Å². The first kappa shape index (κ1) is 21.6. The highest BCUT2D eigenvalue weighted by atomic mass is 32.2. The lowest BCUT2D eigenvalue weighted by Crippen LogP contribution is -2.14. The molecule has 0 bridgehead atoms. The van der Waals surface area contributed by atoms with Gasteiger partial charge in [0, 0.05) is 5.69 Å². The smallest absolute Gasteiger partial charge is 0.234 e. The largest absolute Gasteiger partial charge is 0.497 e. The monoisotopic (exact) mass is 448 g/mol. The summed E-state index contributed by atoms with van der Waals surface area (Å²) in [5.41, 5.74) is 2.85. The molecule has 0 aliphatic heterocycles. The van der Waals surface area contributed by atoms with E-state index in [2.05, 4.69) is 15.5 Å². The van der Waals surface area contributed by atoms with Crippen molar-refractivity contribution in [2.24, 2.45) is 0 Å². The maximum absolute atomic E-state index is 14.5. The molecule has 162 valence electrons. The Morgan fingerprint density at radius 2 is 1.84 bits per heavy atom. The average Bonchev–Trinajstić information content (AvgIpc) is 3.22. The van der Waals surface area contributed by atoms with Crippen LogP contribution in [0.25, 0.3) is 17.1 Å². The van der Waals surface area contributed by atoms with Crippen LogP contribution < -0.4 is 10.1 Å². The van der Waals surface area contributed by atoms with Gasteiger partial charge in [-0.05, 0) is 61.0 Å². The Kier molecular flexibility index (Phi) is 6.51. The second-order valence-corrected chi connectivity index (χ2v) is 7.97. The molecule has 0 fully saturated rings. The lowest BCUT2D eigenvalue weighted by molar-refractivity contribution is -0.113. The Balaban J connectivity index is 1.62. The molecule has 0 atom stereocenters. The number of aryl methyl sites for hydroxylation is 1. The highest BCUT2D eigenvalue weighted by Gasteiger charge is 2.19. The topological polar surface area (TPSA) is 69.0 Å². The summed E-state index contributed by atoms with van der Waals surface area (Å²) in [6, 6.07) is 21.3. The van der Waals surface area contributed by atoms with Crippen LogP contribution in [0.2, 0.25) is 0 Å². The number of ether oxygens (including phenoxy) is 1. The molecule has 0 aliphatic carbocycles. The van der Waals surface area contributed by atoms with Crippen LogP contribution in [-0.2, 0) is 4.79 Å². The van der Waals surface area contributed by atoms with Gasteiger partial charge in [0.15, 0.2) is 11.0 Å². The molecule has 0 saturated heterocycles. The molecule has 1 heterocycles. The van der Waals surface area contributed by atoms with Crippen LogP contribution in [0, 0.1) is 12.7 Å². The molecule has 0 spiro atoms. The van der Waals surface area contributed by atoms with Crippen molar-refractivity contribution in [1.82, 2.24) is 14.8 Å². The predicted octanol–water partition coefficient (Wildman–Crippen LogP) is 5.12. The van der Waals surface area contributed by atoms with Gasteiger partial charge in [-0.1, -0.05) is 36.0 Å². The van der Waals surface area contributed by atoms with Crippen LogP contribution in [0.3, 0.4) is 0 Å². The number of methoxy groups -OCH3 is 1. The Labute approximate surface area is 189 Å². The molecular weight excluding hydrogens is 427 g/mol. The zero-order valence-corrected chi connectivity index (χ0v) is 18.4. The van der Waals surface area contributed by atoms with Gasteiger partial charge in [0.2, 0.25) is 5.91 Å². The number of amides is 1. The Bertz CT molecular complexity index is 1240. The van der Waals surface area contributed by atoms with E-state index in [4.69, 9.17) is 4.74 Å². The van der Waals surface area contributed by atoms with Gasteiger partial charge in [0.05, 0.1) is 24.1 Å². The first-order valence-electron chi connectivity index (χ1n) is 9.89. The molecule has 8 heteroatoms. The lowest BCUT2D eigenvalue weighted by atomic mass is 10.2. The van der Waals surface area contributed by atoms with E-state index in [0.717, 1.165) is 16.9 Å². The lowest BCUT2D eigenvalue weighted by Gasteiger charge is -2.12. The molecule has 0 unspecified atom stereocenters. The number of carbonyl (C=O) groups is 1. The zero-order valence-electron chi connectivity index (χ0n) is 17.6. The fourth-order valence-corrected chi connectivity index (χ4v) is 3.95. The summed E-state index contributed by atoms with van der Waals surface area (Å²) in [4.78, 5) is 12.5. The third kappa shape index (κ3) is 4.81. The number of benzene rings is 3. The van der Waals surface area contributed by atoms with Crippen molar-refractivity contribution in [2.45, 2.75) is 12.1 Å². The van der Waals surface area contributed by atoms with Gasteiger partial charge in [-0.25, -0.2) is 4.39 Å². The van der Waals surface area contributed by atoms with Crippen molar-refractivity contribution in [3.8, 4) is 22.8 Å². The van der Waals surface area contributed by atoms with Gasteiger partial charge in [0.25, 0.3) is 0 Å². The first-order chi connectivity index (χ1) is 15.5. The number of anilines is 1. The highest BCUT2D eigenvalue weighted by Crippen LogP contribution is 2.30. The average molecular weight is 449 g/mol. The number of thioether (sulfide) groups is 1. The van der Waals surface area contributed by atoms with E-state index in [9.17, 15) is 9.18 Å². The minimum atomic E-state index is -0.400. The minimum Gasteiger partial charge on any atom is -0.497 e. The minimum absolute atomic E-state index is 0.125. The Hall–Kier alpha value is -3.65. The number of nitrogens with zero attached hydrogens (tertiary/aromatic N) is 3. The van der Waals surface area contributed by atoms with E-state index in [-0.39, 0.29) is 11.7 Å². The summed E-state index contributed by atoms with van der Waals surface area (Å²) in [6.45, 7) is 1.96. The van der Waals surface area contributed by atoms with Gasteiger partial charge in [-0.2, -0.15) is 0 Å². The maximum atomic E-state index is 14.5. The Morgan fingerprint density at radius 1 is 1.06 bits per heavy atom. The fourth-order valence-electron chi connectivity index (χ4n) is 3.19. The molecule has 4 aromatic rings. The molecule has 3 aromatic carbocycles. The molecule has 6 nitrogen and oxygen atoms in total. The van der Waals surface area contributed by atoms with Crippen LogP contribution in [0.5, 0.6) is 5.75 Å². The summed E-state index contributed by atoms with van der Waals surface area (Å²) in [7, 11) is 1.59. The predicted molar refractivity (Wildman–Crippen MR) is 124 cm³/mol. The second kappa shape index (κ2) is 9.65. The van der Waals surface area contributed by atoms with Gasteiger partial charge in [-0.15, -0.1) is 10.2 Å². The van der Waals surface area contributed by atoms with Crippen LogP contribution >= 0.6 is 11.8 Å². The Morgan fingerprint density at radius 3 is 2.56 bits per heavy atom. The van der Waals surface area contributed by atoms with Gasteiger partial charge < -0.3 is 10.1 Å². The number of rotatable bonds is 7. The third-order valence-corrected chi connectivity index (χ3v) is 5.64. The van der Waals surface area contributed by atoms with E-state index >= 15 is 0 Å². The molecule has 1 amide bonds. The van der Waals surface area contributed by atoms with Crippen molar-refractivity contribution in [3.05, 3.63) is 84.2 Å². The second-order valence-electron chi connectivity index (χ2n) is 7.03. The molecule has 32 heavy (non-hydrogen) atoms. The van der Waals surface area contributed by atoms with Gasteiger partial charge in [0.1, 0.15) is 11.6 Å². The van der Waals surface area contributed by atoms with Crippen molar-refractivity contribution >= 4 is 23.4 Å². The maximum Gasteiger partial charge on any atom is 0.234 e. The quantitative estimate of drug-likeness (QED) is 0.398. The molecule has 4 rings (SSSR count). The molecule has 0 saturated carbocycles. The summed E-state index contributed by atoms with van der Waals surface area (Å²) in [6.07, 6.45) is 0. The molecule has 0 radical (unpaired) electrons. The number of carbonyl (C=O) groups excluding carboxylic acids is 1. The van der Waals surface area contributed by atoms with Crippen LogP contribution in [0.15, 0.2) is 78.0 Å². The molecule has 1 N–H and O–H groups in total. The summed E-state index contributed by atoms with van der Waals surface area (Å²) >= 11 is 1.23. The molecule has 1 aromatic heterocycles. The van der Waals surface area contributed by atoms with Crippen molar-refractivity contribution < 1.29 is 13.9 Å². The van der Waals surface area contributed by atoms with Crippen molar-refractivity contribution in [1.29, 1.82) is 0 Å². The van der Waals surface area contributed by atoms with E-state index in [0.29, 0.717) is 22.3 Å². The fraction of sp³-hybridized carbons (Fsp3) is 0.125. The number of halogens is 1. The zero-order chi connectivity index (χ0) is 22.5. The van der Waals surface area contributed by atoms with Crippen LogP contribution in [0.1, 0.15) is 5.56 Å². The van der Waals surface area contributed by atoms with Crippen molar-refractivity contribution in [3.63, 3.8) is 0 Å². The van der Waals surface area contributed by atoms with Crippen LogP contribution in [-0.4, -0.2) is 33.5 Å². The third-order valence-electron chi connectivity index (χ3n) is 4.71. The number of nitrogens with one attached hydrogen (secondary N) is 1. The van der Waals surface area contributed by atoms with E-state index < -0.39 is 5.82 Å². The number of aromatic nitrogens is 3. The van der Waals surface area contributed by atoms with Crippen molar-refractivity contribution in [2.75, 3.05) is 18.2 Å². The van der Waals surface area contributed by atoms with Crippen LogP contribution in [0.4, 0.5) is 10.1 Å². The first-order valence-corrected chi connectivity index (χ1v) is 10.9. The summed E-state index contributed by atoms with van der Waals surface area (Å²) in [5.74, 6) is 0.607. The number of hydrogen-bond acceptors (Lipinski definition) is 5. The molecule has 0 aliphatic rings. The SMILES string of the molecule is COc1ccc(-n2c(SCC(=O)Nc3cccc(C)c3)nnc2-c2ccccc2F)cc1. The normalized spacial score (nSPS) is 10.7. The van der Waals surface area contributed by atoms with E-state index in [1.807, 2.05) is 43.3 Å². The summed E-state index contributed by atoms with van der Waals surface area (Å²) < 4.78 is 21.5. The molecular formula is C24H21FN4O2S.